The highest BCUT2D eigenvalue weighted by molar-refractivity contribution is 6.39. The molecule has 0 aliphatic heterocycles. The van der Waals surface area contributed by atoms with Gasteiger partial charge in [-0.1, -0.05) is 47.5 Å². The lowest BCUT2D eigenvalue weighted by molar-refractivity contribution is 1.61. The van der Waals surface area contributed by atoms with Crippen molar-refractivity contribution in [2.75, 3.05) is 0 Å². The quantitative estimate of drug-likeness (QED) is 0.668. The summed E-state index contributed by atoms with van der Waals surface area (Å²) in [5, 5.41) is 1.33. The minimum atomic E-state index is 0.664. The van der Waals surface area contributed by atoms with Gasteiger partial charge in [0.1, 0.15) is 0 Å². The molecule has 0 aliphatic carbocycles. The monoisotopic (exact) mass is 221 g/mol. The molecule has 0 bridgehead atoms. The van der Waals surface area contributed by atoms with E-state index in [0.29, 0.717) is 10.0 Å². The number of halogens is 2. The Hall–Kier alpha value is -0.980. The van der Waals surface area contributed by atoms with Gasteiger partial charge in [-0.2, -0.15) is 0 Å². The number of benzene rings is 2. The van der Waals surface area contributed by atoms with E-state index in [9.17, 15) is 0 Å². The van der Waals surface area contributed by atoms with Crippen LogP contribution < -0.4 is 0 Å². The molecule has 0 atom stereocenters. The van der Waals surface area contributed by atoms with Gasteiger partial charge in [0.15, 0.2) is 0 Å². The predicted molar refractivity (Wildman–Crippen MR) is 60.7 cm³/mol. The van der Waals surface area contributed by atoms with Gasteiger partial charge < -0.3 is 0 Å². The van der Waals surface area contributed by atoms with Crippen LogP contribution in [0.15, 0.2) is 42.5 Å². The summed E-state index contributed by atoms with van der Waals surface area (Å²) in [6.45, 7) is 0. The Bertz CT molecular complexity index is 415. The van der Waals surface area contributed by atoms with Gasteiger partial charge >= 0.3 is 0 Å². The van der Waals surface area contributed by atoms with Gasteiger partial charge in [0.25, 0.3) is 0 Å². The van der Waals surface area contributed by atoms with E-state index in [1.807, 2.05) is 42.5 Å². The van der Waals surface area contributed by atoms with Crippen LogP contribution in [-0.2, 0) is 0 Å². The summed E-state index contributed by atoms with van der Waals surface area (Å²) in [6, 6.07) is 16.1. The summed E-state index contributed by atoms with van der Waals surface area (Å²) < 4.78 is 0. The molecule has 0 spiro atoms. The Morgan fingerprint density at radius 3 is 2.21 bits per heavy atom. The van der Waals surface area contributed by atoms with E-state index in [1.165, 1.54) is 0 Å². The smallest absolute Gasteiger partial charge is 0.0499 e. The van der Waals surface area contributed by atoms with Crippen LogP contribution in [0, 0.1) is 6.07 Å². The van der Waals surface area contributed by atoms with Crippen molar-refractivity contribution in [2.24, 2.45) is 0 Å². The molecular formula is C12H7Cl2. The molecule has 0 unspecified atom stereocenters. The van der Waals surface area contributed by atoms with Crippen LogP contribution in [0.4, 0.5) is 0 Å². The zero-order valence-electron chi connectivity index (χ0n) is 7.30. The zero-order valence-corrected chi connectivity index (χ0v) is 8.81. The fourth-order valence-electron chi connectivity index (χ4n) is 1.32. The van der Waals surface area contributed by atoms with Crippen molar-refractivity contribution in [1.82, 2.24) is 0 Å². The van der Waals surface area contributed by atoms with Crippen LogP contribution in [0.5, 0.6) is 0 Å². The summed E-state index contributed by atoms with van der Waals surface area (Å²) in [7, 11) is 0. The van der Waals surface area contributed by atoms with Crippen LogP contribution in [0.3, 0.4) is 0 Å². The molecule has 0 saturated heterocycles. The zero-order chi connectivity index (χ0) is 9.97. The molecule has 0 saturated carbocycles. The maximum atomic E-state index is 6.07. The van der Waals surface area contributed by atoms with Crippen molar-refractivity contribution in [3.05, 3.63) is 58.6 Å². The molecule has 2 aromatic carbocycles. The van der Waals surface area contributed by atoms with E-state index in [1.54, 1.807) is 0 Å². The minimum absolute atomic E-state index is 0.664. The first-order valence-corrected chi connectivity index (χ1v) is 4.95. The van der Waals surface area contributed by atoms with E-state index in [2.05, 4.69) is 6.07 Å². The average Bonchev–Trinajstić information content (AvgIpc) is 2.19. The fraction of sp³-hybridized carbons (Fsp3) is 0. The summed E-state index contributed by atoms with van der Waals surface area (Å²) in [6.07, 6.45) is 0. The Morgan fingerprint density at radius 2 is 1.64 bits per heavy atom. The van der Waals surface area contributed by atoms with Gasteiger partial charge in [-0.3, -0.25) is 0 Å². The van der Waals surface area contributed by atoms with Crippen LogP contribution >= 0.6 is 23.2 Å². The first-order valence-electron chi connectivity index (χ1n) is 4.19. The highest BCUT2D eigenvalue weighted by atomic mass is 35.5. The Morgan fingerprint density at radius 1 is 0.929 bits per heavy atom. The second-order valence-electron chi connectivity index (χ2n) is 2.89. The predicted octanol–water partition coefficient (Wildman–Crippen LogP) is 4.46. The van der Waals surface area contributed by atoms with E-state index in [0.717, 1.165) is 11.1 Å². The fourth-order valence-corrected chi connectivity index (χ4v) is 1.94. The van der Waals surface area contributed by atoms with Crippen molar-refractivity contribution >= 4 is 23.2 Å². The first-order chi connectivity index (χ1) is 6.79. The molecule has 0 nitrogen and oxygen atoms in total. The van der Waals surface area contributed by atoms with Gasteiger partial charge in [-0.15, -0.1) is 0 Å². The Balaban J connectivity index is 2.63. The molecule has 1 radical (unpaired) electrons. The van der Waals surface area contributed by atoms with Gasteiger partial charge in [-0.05, 0) is 29.8 Å². The molecule has 0 fully saturated rings. The average molecular weight is 222 g/mol. The highest BCUT2D eigenvalue weighted by Gasteiger charge is 2.06. The lowest BCUT2D eigenvalue weighted by Gasteiger charge is -2.05. The molecule has 0 aromatic heterocycles. The normalized spacial score (nSPS) is 10.1. The van der Waals surface area contributed by atoms with Crippen LogP contribution in [0.25, 0.3) is 11.1 Å². The molecule has 2 heteroatoms. The summed E-state index contributed by atoms with van der Waals surface area (Å²) >= 11 is 12.1. The van der Waals surface area contributed by atoms with Crippen molar-refractivity contribution in [2.45, 2.75) is 0 Å². The molecule has 2 rings (SSSR count). The molecule has 14 heavy (non-hydrogen) atoms. The second kappa shape index (κ2) is 4.04. The third-order valence-electron chi connectivity index (χ3n) is 1.96. The van der Waals surface area contributed by atoms with Crippen molar-refractivity contribution < 1.29 is 0 Å². The molecule has 0 amide bonds. The largest absolute Gasteiger partial charge is 0.0836 e. The number of hydrogen-bond donors (Lipinski definition) is 0. The standard InChI is InChI=1S/C12H7Cl2/c13-10-7-4-8-11(14)12(10)9-5-2-1-3-6-9/h1-2,4-8H. The van der Waals surface area contributed by atoms with Crippen LogP contribution in [0.2, 0.25) is 10.0 Å². The summed E-state index contributed by atoms with van der Waals surface area (Å²) in [5.74, 6) is 0. The molecule has 0 aliphatic rings. The highest BCUT2D eigenvalue weighted by Crippen LogP contribution is 2.33. The third kappa shape index (κ3) is 1.77. The van der Waals surface area contributed by atoms with Crippen LogP contribution in [0.1, 0.15) is 0 Å². The lowest BCUT2D eigenvalue weighted by Crippen LogP contribution is -1.80. The third-order valence-corrected chi connectivity index (χ3v) is 2.59. The van der Waals surface area contributed by atoms with E-state index in [-0.39, 0.29) is 0 Å². The SMILES string of the molecule is Clc1cccc(Cl)c1-c1c[c]ccc1. The molecule has 0 heterocycles. The summed E-state index contributed by atoms with van der Waals surface area (Å²) in [4.78, 5) is 0. The maximum absolute atomic E-state index is 6.07. The van der Waals surface area contributed by atoms with Crippen molar-refractivity contribution in [1.29, 1.82) is 0 Å². The van der Waals surface area contributed by atoms with Gasteiger partial charge in [0.2, 0.25) is 0 Å². The first kappa shape index (κ1) is 9.57. The molecule has 2 aromatic rings. The van der Waals surface area contributed by atoms with E-state index in [4.69, 9.17) is 23.2 Å². The van der Waals surface area contributed by atoms with Gasteiger partial charge in [0, 0.05) is 15.6 Å². The van der Waals surface area contributed by atoms with Gasteiger partial charge in [0.05, 0.1) is 0 Å². The summed E-state index contributed by atoms with van der Waals surface area (Å²) in [5.41, 5.74) is 1.86. The van der Waals surface area contributed by atoms with E-state index < -0.39 is 0 Å². The van der Waals surface area contributed by atoms with Gasteiger partial charge in [-0.25, -0.2) is 0 Å². The number of hydrogen-bond acceptors (Lipinski definition) is 0. The maximum Gasteiger partial charge on any atom is 0.0499 e. The minimum Gasteiger partial charge on any atom is -0.0836 e. The van der Waals surface area contributed by atoms with E-state index >= 15 is 0 Å². The Kier molecular flexibility index (Phi) is 2.76. The Labute approximate surface area is 93.1 Å². The van der Waals surface area contributed by atoms with Crippen molar-refractivity contribution in [3.63, 3.8) is 0 Å². The molecular weight excluding hydrogens is 215 g/mol. The lowest BCUT2D eigenvalue weighted by atomic mass is 10.1. The van der Waals surface area contributed by atoms with Crippen molar-refractivity contribution in [3.8, 4) is 11.1 Å². The molecule has 0 N–H and O–H groups in total. The second-order valence-corrected chi connectivity index (χ2v) is 3.70. The molecule has 69 valence electrons. The number of rotatable bonds is 1. The topological polar surface area (TPSA) is 0 Å². The van der Waals surface area contributed by atoms with Crippen LogP contribution in [-0.4, -0.2) is 0 Å².